The number of aromatic nitrogens is 4. The minimum absolute atomic E-state index is 0.128. The van der Waals surface area contributed by atoms with Crippen molar-refractivity contribution in [2.45, 2.75) is 19.3 Å². The lowest BCUT2D eigenvalue weighted by atomic mass is 10.1. The summed E-state index contributed by atoms with van der Waals surface area (Å²) < 4.78 is 6.42. The molecule has 0 aromatic carbocycles. The summed E-state index contributed by atoms with van der Waals surface area (Å²) in [5, 5.41) is 0.128. The number of anilines is 1. The third kappa shape index (κ3) is 3.79. The van der Waals surface area contributed by atoms with Gasteiger partial charge in [0.15, 0.2) is 5.75 Å². The Morgan fingerprint density at radius 2 is 1.90 bits per heavy atom. The summed E-state index contributed by atoms with van der Waals surface area (Å²) >= 11 is 9.31. The molecule has 1 aliphatic heterocycles. The van der Waals surface area contributed by atoms with E-state index in [9.17, 15) is 0 Å². The molecule has 0 radical (unpaired) electrons. The van der Waals surface area contributed by atoms with Crippen molar-refractivity contribution in [3.05, 3.63) is 28.2 Å². The van der Waals surface area contributed by atoms with Crippen LogP contribution < -0.4 is 9.64 Å². The van der Waals surface area contributed by atoms with Crippen LogP contribution in [0.5, 0.6) is 11.8 Å². The lowest BCUT2D eigenvalue weighted by Gasteiger charge is -2.26. The van der Waals surface area contributed by atoms with Gasteiger partial charge in [-0.25, -0.2) is 0 Å². The molecule has 2 aromatic rings. The highest BCUT2D eigenvalue weighted by atomic mass is 79.9. The molecule has 6 nitrogen and oxygen atoms in total. The molecule has 3 rings (SSSR count). The van der Waals surface area contributed by atoms with E-state index in [1.807, 2.05) is 0 Å². The van der Waals surface area contributed by atoms with Gasteiger partial charge in [0.1, 0.15) is 0 Å². The Bertz CT molecular complexity index is 636. The predicted octanol–water partition coefficient (Wildman–Crippen LogP) is 3.47. The summed E-state index contributed by atoms with van der Waals surface area (Å²) in [4.78, 5) is 18.7. The minimum atomic E-state index is 0.128. The van der Waals surface area contributed by atoms with Crippen molar-refractivity contribution in [2.75, 3.05) is 18.0 Å². The first-order valence-electron chi connectivity index (χ1n) is 6.66. The van der Waals surface area contributed by atoms with Gasteiger partial charge in [0.25, 0.3) is 0 Å². The normalized spacial score (nSPS) is 15.0. The highest BCUT2D eigenvalue weighted by molar-refractivity contribution is 9.10. The van der Waals surface area contributed by atoms with Crippen molar-refractivity contribution in [1.82, 2.24) is 19.9 Å². The first kappa shape index (κ1) is 14.5. The first-order chi connectivity index (χ1) is 10.2. The van der Waals surface area contributed by atoms with Gasteiger partial charge in [0, 0.05) is 23.8 Å². The van der Waals surface area contributed by atoms with Gasteiger partial charge in [-0.3, -0.25) is 4.98 Å². The number of nitrogens with zero attached hydrogens (tertiary/aromatic N) is 5. The van der Waals surface area contributed by atoms with Gasteiger partial charge in [-0.15, -0.1) is 0 Å². The largest absolute Gasteiger partial charge is 0.422 e. The minimum Gasteiger partial charge on any atom is -0.422 e. The van der Waals surface area contributed by atoms with Crippen molar-refractivity contribution in [1.29, 1.82) is 0 Å². The smallest absolute Gasteiger partial charge is 0.328 e. The van der Waals surface area contributed by atoms with Crippen LogP contribution in [0.25, 0.3) is 0 Å². The molecule has 110 valence electrons. The molecule has 2 aromatic heterocycles. The van der Waals surface area contributed by atoms with Gasteiger partial charge in [-0.05, 0) is 52.9 Å². The lowest BCUT2D eigenvalue weighted by Crippen LogP contribution is -2.31. The molecule has 0 N–H and O–H groups in total. The topological polar surface area (TPSA) is 64.0 Å². The third-order valence-corrected chi connectivity index (χ3v) is 3.71. The van der Waals surface area contributed by atoms with E-state index in [-0.39, 0.29) is 11.3 Å². The molecule has 0 aliphatic carbocycles. The fourth-order valence-electron chi connectivity index (χ4n) is 2.16. The van der Waals surface area contributed by atoms with Crippen molar-refractivity contribution in [3.8, 4) is 11.8 Å². The number of piperidine rings is 1. The number of halogens is 2. The number of hydrogen-bond acceptors (Lipinski definition) is 6. The van der Waals surface area contributed by atoms with Gasteiger partial charge in [-0.1, -0.05) is 0 Å². The highest BCUT2D eigenvalue weighted by Gasteiger charge is 2.16. The van der Waals surface area contributed by atoms with E-state index in [0.29, 0.717) is 11.7 Å². The molecule has 21 heavy (non-hydrogen) atoms. The van der Waals surface area contributed by atoms with Crippen molar-refractivity contribution >= 4 is 33.5 Å². The standard InChI is InChI=1S/C13H13BrClN5O/c14-9-6-10(8-16-7-9)21-13-18-11(15)17-12(19-13)20-4-2-1-3-5-20/h6-8H,1-5H2. The van der Waals surface area contributed by atoms with E-state index in [2.05, 4.69) is 40.8 Å². The molecule has 0 spiro atoms. The van der Waals surface area contributed by atoms with Crippen molar-refractivity contribution in [3.63, 3.8) is 0 Å². The zero-order valence-electron chi connectivity index (χ0n) is 11.2. The van der Waals surface area contributed by atoms with Crippen LogP contribution in [0.15, 0.2) is 22.9 Å². The molecule has 0 bridgehead atoms. The number of hydrogen-bond donors (Lipinski definition) is 0. The zero-order valence-corrected chi connectivity index (χ0v) is 13.5. The van der Waals surface area contributed by atoms with Crippen LogP contribution >= 0.6 is 27.5 Å². The summed E-state index contributed by atoms with van der Waals surface area (Å²) in [5.41, 5.74) is 0. The van der Waals surface area contributed by atoms with E-state index in [1.165, 1.54) is 6.42 Å². The molecular formula is C13H13BrClN5O. The van der Waals surface area contributed by atoms with E-state index in [4.69, 9.17) is 16.3 Å². The van der Waals surface area contributed by atoms with Crippen LogP contribution in [0.2, 0.25) is 5.28 Å². The molecule has 3 heterocycles. The molecular weight excluding hydrogens is 358 g/mol. The van der Waals surface area contributed by atoms with Gasteiger partial charge in [-0.2, -0.15) is 15.0 Å². The van der Waals surface area contributed by atoms with E-state index >= 15 is 0 Å². The maximum atomic E-state index is 5.97. The fourth-order valence-corrected chi connectivity index (χ4v) is 2.65. The molecule has 1 fully saturated rings. The lowest BCUT2D eigenvalue weighted by molar-refractivity contribution is 0.435. The second-order valence-electron chi connectivity index (χ2n) is 4.68. The van der Waals surface area contributed by atoms with Crippen molar-refractivity contribution in [2.24, 2.45) is 0 Å². The predicted molar refractivity (Wildman–Crippen MR) is 82.9 cm³/mol. The zero-order chi connectivity index (χ0) is 14.7. The summed E-state index contributed by atoms with van der Waals surface area (Å²) in [6.07, 6.45) is 6.77. The Balaban J connectivity index is 1.83. The summed E-state index contributed by atoms with van der Waals surface area (Å²) in [6.45, 7) is 1.86. The summed E-state index contributed by atoms with van der Waals surface area (Å²) in [7, 11) is 0. The van der Waals surface area contributed by atoms with E-state index in [1.54, 1.807) is 18.5 Å². The fraction of sp³-hybridized carbons (Fsp3) is 0.385. The molecule has 1 saturated heterocycles. The quantitative estimate of drug-likeness (QED) is 0.824. The number of ether oxygens (including phenoxy) is 1. The van der Waals surface area contributed by atoms with Crippen LogP contribution in [-0.2, 0) is 0 Å². The third-order valence-electron chi connectivity index (χ3n) is 3.10. The second-order valence-corrected chi connectivity index (χ2v) is 5.93. The number of rotatable bonds is 3. The first-order valence-corrected chi connectivity index (χ1v) is 7.83. The molecule has 0 unspecified atom stereocenters. The van der Waals surface area contributed by atoms with Crippen LogP contribution in [-0.4, -0.2) is 33.0 Å². The van der Waals surface area contributed by atoms with Crippen LogP contribution in [0, 0.1) is 0 Å². The van der Waals surface area contributed by atoms with Gasteiger partial charge in [0.05, 0.1) is 6.20 Å². The summed E-state index contributed by atoms with van der Waals surface area (Å²) in [6, 6.07) is 1.96. The average molecular weight is 371 g/mol. The van der Waals surface area contributed by atoms with Crippen LogP contribution in [0.1, 0.15) is 19.3 Å². The Labute approximate surface area is 135 Å². The van der Waals surface area contributed by atoms with E-state index < -0.39 is 0 Å². The monoisotopic (exact) mass is 369 g/mol. The van der Waals surface area contributed by atoms with Crippen LogP contribution in [0.4, 0.5) is 5.95 Å². The Hall–Kier alpha value is -1.47. The Kier molecular flexibility index (Phi) is 4.50. The maximum Gasteiger partial charge on any atom is 0.328 e. The molecule has 0 atom stereocenters. The summed E-state index contributed by atoms with van der Waals surface area (Å²) in [5.74, 6) is 1.10. The molecule has 1 aliphatic rings. The molecule has 0 saturated carbocycles. The highest BCUT2D eigenvalue weighted by Crippen LogP contribution is 2.24. The van der Waals surface area contributed by atoms with Crippen LogP contribution in [0.3, 0.4) is 0 Å². The van der Waals surface area contributed by atoms with Gasteiger partial charge >= 0.3 is 6.01 Å². The van der Waals surface area contributed by atoms with Gasteiger partial charge < -0.3 is 9.64 Å². The number of pyridine rings is 1. The SMILES string of the molecule is Clc1nc(Oc2cncc(Br)c2)nc(N2CCCCC2)n1. The van der Waals surface area contributed by atoms with E-state index in [0.717, 1.165) is 30.4 Å². The maximum absolute atomic E-state index is 5.97. The molecule has 8 heteroatoms. The van der Waals surface area contributed by atoms with Crippen molar-refractivity contribution < 1.29 is 4.74 Å². The Morgan fingerprint density at radius 3 is 2.67 bits per heavy atom. The Morgan fingerprint density at radius 1 is 1.10 bits per heavy atom. The second kappa shape index (κ2) is 6.53. The average Bonchev–Trinajstić information content (AvgIpc) is 2.47. The van der Waals surface area contributed by atoms with Gasteiger partial charge in [0.2, 0.25) is 11.2 Å². The molecule has 0 amide bonds.